The van der Waals surface area contributed by atoms with E-state index in [9.17, 15) is 5.11 Å². The van der Waals surface area contributed by atoms with E-state index in [2.05, 4.69) is 22.4 Å². The van der Waals surface area contributed by atoms with E-state index in [1.165, 1.54) is 11.1 Å². The van der Waals surface area contributed by atoms with Gasteiger partial charge in [-0.2, -0.15) is 0 Å². The molecule has 0 radical (unpaired) electrons. The standard InChI is InChI=1S/C19H18N2O2/c22-17-10-14-8-4-5-9-16(14)18(17)20-11-15-12-23-19(21-15)13-6-2-1-3-7-13/h1-9,12,17-18,20,22H,10-11H2/t17-,18+/m1/s1. The van der Waals surface area contributed by atoms with E-state index >= 15 is 0 Å². The molecule has 2 atom stereocenters. The van der Waals surface area contributed by atoms with Crippen molar-refractivity contribution in [3.05, 3.63) is 77.7 Å². The third kappa shape index (κ3) is 2.79. The minimum absolute atomic E-state index is 0.0527. The molecule has 0 saturated heterocycles. The van der Waals surface area contributed by atoms with Gasteiger partial charge in [0.15, 0.2) is 0 Å². The molecule has 4 nitrogen and oxygen atoms in total. The number of nitrogens with zero attached hydrogens (tertiary/aromatic N) is 1. The normalized spacial score (nSPS) is 19.7. The van der Waals surface area contributed by atoms with Crippen LogP contribution in [0.1, 0.15) is 22.9 Å². The molecular formula is C19H18N2O2. The molecule has 4 rings (SSSR count). The lowest BCUT2D eigenvalue weighted by Crippen LogP contribution is -2.28. The second-order valence-electron chi connectivity index (χ2n) is 5.84. The SMILES string of the molecule is O[C@@H]1Cc2ccccc2[C@@H]1NCc1coc(-c2ccccc2)n1. The van der Waals surface area contributed by atoms with Gasteiger partial charge in [-0.25, -0.2) is 4.98 Å². The molecule has 0 bridgehead atoms. The van der Waals surface area contributed by atoms with Crippen molar-refractivity contribution in [1.82, 2.24) is 10.3 Å². The van der Waals surface area contributed by atoms with E-state index in [1.807, 2.05) is 42.5 Å². The first-order valence-corrected chi connectivity index (χ1v) is 7.80. The Morgan fingerprint density at radius 1 is 1.09 bits per heavy atom. The van der Waals surface area contributed by atoms with Crippen LogP contribution in [0, 0.1) is 0 Å². The van der Waals surface area contributed by atoms with Crippen molar-refractivity contribution in [3.8, 4) is 11.5 Å². The zero-order valence-electron chi connectivity index (χ0n) is 12.6. The van der Waals surface area contributed by atoms with Crippen LogP contribution in [0.3, 0.4) is 0 Å². The molecule has 1 aliphatic carbocycles. The number of hydrogen-bond donors (Lipinski definition) is 2. The molecule has 4 heteroatoms. The summed E-state index contributed by atoms with van der Waals surface area (Å²) >= 11 is 0. The number of aliphatic hydroxyl groups is 1. The van der Waals surface area contributed by atoms with Crippen LogP contribution in [0.4, 0.5) is 0 Å². The summed E-state index contributed by atoms with van der Waals surface area (Å²) in [6.07, 6.45) is 1.97. The third-order valence-electron chi connectivity index (χ3n) is 4.28. The Kier molecular flexibility index (Phi) is 3.69. The molecular weight excluding hydrogens is 288 g/mol. The smallest absolute Gasteiger partial charge is 0.226 e. The molecule has 23 heavy (non-hydrogen) atoms. The number of aromatic nitrogens is 1. The van der Waals surface area contributed by atoms with Gasteiger partial charge in [-0.3, -0.25) is 0 Å². The number of oxazole rings is 1. The zero-order valence-corrected chi connectivity index (χ0v) is 12.6. The number of fused-ring (bicyclic) bond motifs is 1. The minimum Gasteiger partial charge on any atom is -0.444 e. The van der Waals surface area contributed by atoms with Crippen LogP contribution in [0.25, 0.3) is 11.5 Å². The molecule has 0 saturated carbocycles. The Bertz CT molecular complexity index is 798. The average Bonchev–Trinajstić information content (AvgIpc) is 3.18. The maximum absolute atomic E-state index is 10.3. The largest absolute Gasteiger partial charge is 0.444 e. The first-order valence-electron chi connectivity index (χ1n) is 7.80. The van der Waals surface area contributed by atoms with Crippen molar-refractivity contribution in [2.24, 2.45) is 0 Å². The number of aliphatic hydroxyl groups excluding tert-OH is 1. The van der Waals surface area contributed by atoms with Gasteiger partial charge in [-0.15, -0.1) is 0 Å². The van der Waals surface area contributed by atoms with Crippen LogP contribution in [-0.4, -0.2) is 16.2 Å². The van der Waals surface area contributed by atoms with Gasteiger partial charge in [0.25, 0.3) is 0 Å². The lowest BCUT2D eigenvalue weighted by Gasteiger charge is -2.16. The van der Waals surface area contributed by atoms with Gasteiger partial charge in [-0.1, -0.05) is 42.5 Å². The van der Waals surface area contributed by atoms with Crippen LogP contribution in [0.15, 0.2) is 65.3 Å². The predicted octanol–water partition coefficient (Wildman–Crippen LogP) is 3.09. The van der Waals surface area contributed by atoms with E-state index in [0.29, 0.717) is 18.9 Å². The number of hydrogen-bond acceptors (Lipinski definition) is 4. The first kappa shape index (κ1) is 14.2. The van der Waals surface area contributed by atoms with Gasteiger partial charge in [0, 0.05) is 18.5 Å². The van der Waals surface area contributed by atoms with Gasteiger partial charge in [0.1, 0.15) is 6.26 Å². The van der Waals surface area contributed by atoms with Gasteiger partial charge in [0.2, 0.25) is 5.89 Å². The summed E-state index contributed by atoms with van der Waals surface area (Å²) < 4.78 is 5.55. The molecule has 0 aliphatic heterocycles. The van der Waals surface area contributed by atoms with E-state index < -0.39 is 6.10 Å². The summed E-state index contributed by atoms with van der Waals surface area (Å²) in [5, 5.41) is 13.7. The Morgan fingerprint density at radius 3 is 2.74 bits per heavy atom. The van der Waals surface area contributed by atoms with Crippen molar-refractivity contribution >= 4 is 0 Å². The molecule has 2 N–H and O–H groups in total. The highest BCUT2D eigenvalue weighted by atomic mass is 16.3. The first-order chi connectivity index (χ1) is 11.3. The van der Waals surface area contributed by atoms with E-state index in [1.54, 1.807) is 6.26 Å². The molecule has 1 heterocycles. The van der Waals surface area contributed by atoms with Gasteiger partial charge in [0.05, 0.1) is 17.8 Å². The quantitative estimate of drug-likeness (QED) is 0.777. The maximum atomic E-state index is 10.3. The lowest BCUT2D eigenvalue weighted by molar-refractivity contribution is 0.140. The minimum atomic E-state index is -0.395. The molecule has 3 aromatic rings. The monoisotopic (exact) mass is 306 g/mol. The number of rotatable bonds is 4. The van der Waals surface area contributed by atoms with E-state index in [0.717, 1.165) is 11.3 Å². The van der Waals surface area contributed by atoms with Crippen molar-refractivity contribution in [1.29, 1.82) is 0 Å². The predicted molar refractivity (Wildman–Crippen MR) is 87.7 cm³/mol. The van der Waals surface area contributed by atoms with Crippen LogP contribution in [-0.2, 0) is 13.0 Å². The van der Waals surface area contributed by atoms with Crippen LogP contribution >= 0.6 is 0 Å². The van der Waals surface area contributed by atoms with Crippen molar-refractivity contribution in [2.45, 2.75) is 25.1 Å². The Balaban J connectivity index is 1.47. The summed E-state index contributed by atoms with van der Waals surface area (Å²) in [7, 11) is 0. The van der Waals surface area contributed by atoms with Crippen LogP contribution < -0.4 is 5.32 Å². The van der Waals surface area contributed by atoms with Crippen LogP contribution in [0.2, 0.25) is 0 Å². The van der Waals surface area contributed by atoms with Crippen LogP contribution in [0.5, 0.6) is 0 Å². The second kappa shape index (κ2) is 5.99. The molecule has 116 valence electrons. The molecule has 2 aromatic carbocycles. The fourth-order valence-corrected chi connectivity index (χ4v) is 3.14. The topological polar surface area (TPSA) is 58.3 Å². The van der Waals surface area contributed by atoms with Crippen molar-refractivity contribution in [2.75, 3.05) is 0 Å². The van der Waals surface area contributed by atoms with Gasteiger partial charge in [-0.05, 0) is 23.3 Å². The zero-order chi connectivity index (χ0) is 15.6. The Morgan fingerprint density at radius 2 is 1.87 bits per heavy atom. The highest BCUT2D eigenvalue weighted by Crippen LogP contribution is 2.31. The summed E-state index contributed by atoms with van der Waals surface area (Å²) in [6.45, 7) is 0.562. The van der Waals surface area contributed by atoms with Crippen molar-refractivity contribution < 1.29 is 9.52 Å². The number of benzene rings is 2. The van der Waals surface area contributed by atoms with Crippen molar-refractivity contribution in [3.63, 3.8) is 0 Å². The summed E-state index contributed by atoms with van der Waals surface area (Å²) in [5.74, 6) is 0.620. The fraction of sp³-hybridized carbons (Fsp3) is 0.211. The summed E-state index contributed by atoms with van der Waals surface area (Å²) in [5.41, 5.74) is 4.18. The molecule has 0 spiro atoms. The fourth-order valence-electron chi connectivity index (χ4n) is 3.14. The molecule has 0 fully saturated rings. The summed E-state index contributed by atoms with van der Waals surface area (Å²) in [6, 6.07) is 17.9. The molecule has 1 aliphatic rings. The molecule has 1 aromatic heterocycles. The Hall–Kier alpha value is -2.43. The third-order valence-corrected chi connectivity index (χ3v) is 4.28. The summed E-state index contributed by atoms with van der Waals surface area (Å²) in [4.78, 5) is 4.51. The Labute approximate surface area is 134 Å². The second-order valence-corrected chi connectivity index (χ2v) is 5.84. The van der Waals surface area contributed by atoms with E-state index in [4.69, 9.17) is 4.42 Å². The van der Waals surface area contributed by atoms with Gasteiger partial charge < -0.3 is 14.8 Å². The van der Waals surface area contributed by atoms with E-state index in [-0.39, 0.29) is 6.04 Å². The highest BCUT2D eigenvalue weighted by molar-refractivity contribution is 5.52. The average molecular weight is 306 g/mol. The highest BCUT2D eigenvalue weighted by Gasteiger charge is 2.30. The lowest BCUT2D eigenvalue weighted by atomic mass is 10.1. The van der Waals surface area contributed by atoms with Gasteiger partial charge >= 0.3 is 0 Å². The molecule has 0 amide bonds. The molecule has 0 unspecified atom stereocenters. The number of nitrogens with one attached hydrogen (secondary N) is 1. The maximum Gasteiger partial charge on any atom is 0.226 e.